The third-order valence-electron chi connectivity index (χ3n) is 2.21. The van der Waals surface area contributed by atoms with Crippen molar-refractivity contribution in [1.82, 2.24) is 14.4 Å². The number of fused-ring (bicyclic) bond motifs is 3. The van der Waals surface area contributed by atoms with E-state index in [0.717, 1.165) is 16.6 Å². The monoisotopic (exact) mass is 203 g/mol. The fourth-order valence-electron chi connectivity index (χ4n) is 1.57. The Morgan fingerprint density at radius 2 is 2.00 bits per heavy atom. The second-order valence-electron chi connectivity index (χ2n) is 3.04. The van der Waals surface area contributed by atoms with Crippen LogP contribution in [0.5, 0.6) is 0 Å². The van der Waals surface area contributed by atoms with Crippen LogP contribution in [0.25, 0.3) is 16.6 Å². The highest BCUT2D eigenvalue weighted by Gasteiger charge is 2.05. The zero-order chi connectivity index (χ0) is 9.54. The summed E-state index contributed by atoms with van der Waals surface area (Å²) >= 11 is 6.01. The van der Waals surface area contributed by atoms with E-state index in [0.29, 0.717) is 5.15 Å². The molecule has 0 unspecified atom stereocenters. The molecule has 0 aliphatic rings. The van der Waals surface area contributed by atoms with Gasteiger partial charge in [-0.15, -0.1) is 0 Å². The van der Waals surface area contributed by atoms with Crippen LogP contribution in [0.1, 0.15) is 0 Å². The maximum Gasteiger partial charge on any atom is 0.155 e. The highest BCUT2D eigenvalue weighted by molar-refractivity contribution is 6.33. The Morgan fingerprint density at radius 3 is 2.93 bits per heavy atom. The van der Waals surface area contributed by atoms with E-state index in [-0.39, 0.29) is 0 Å². The summed E-state index contributed by atoms with van der Waals surface area (Å²) in [4.78, 5) is 8.33. The van der Waals surface area contributed by atoms with Crippen LogP contribution >= 0.6 is 11.6 Å². The third kappa shape index (κ3) is 0.930. The first-order valence-electron chi connectivity index (χ1n) is 4.22. The second kappa shape index (κ2) is 2.69. The van der Waals surface area contributed by atoms with Gasteiger partial charge >= 0.3 is 0 Å². The van der Waals surface area contributed by atoms with Gasteiger partial charge in [0.25, 0.3) is 0 Å². The first kappa shape index (κ1) is 7.76. The van der Waals surface area contributed by atoms with E-state index < -0.39 is 0 Å². The molecule has 3 rings (SSSR count). The number of hydrogen-bond acceptors (Lipinski definition) is 2. The van der Waals surface area contributed by atoms with Crippen LogP contribution in [0.2, 0.25) is 5.15 Å². The maximum absolute atomic E-state index is 6.01. The first-order chi connectivity index (χ1) is 6.86. The van der Waals surface area contributed by atoms with E-state index in [9.17, 15) is 0 Å². The number of halogens is 1. The van der Waals surface area contributed by atoms with Crippen molar-refractivity contribution >= 4 is 28.2 Å². The van der Waals surface area contributed by atoms with Gasteiger partial charge in [0.15, 0.2) is 5.15 Å². The molecule has 0 fully saturated rings. The molecule has 0 radical (unpaired) electrons. The van der Waals surface area contributed by atoms with Gasteiger partial charge in [-0.2, -0.15) is 0 Å². The Morgan fingerprint density at radius 1 is 1.14 bits per heavy atom. The summed E-state index contributed by atoms with van der Waals surface area (Å²) in [6.07, 6.45) is 3.45. The van der Waals surface area contributed by atoms with Crippen molar-refractivity contribution in [2.45, 2.75) is 0 Å². The summed E-state index contributed by atoms with van der Waals surface area (Å²) < 4.78 is 1.94. The molecule has 4 heteroatoms. The molecule has 2 heterocycles. The van der Waals surface area contributed by atoms with Crippen LogP contribution in [0.3, 0.4) is 0 Å². The molecule has 68 valence electrons. The molecule has 0 N–H and O–H groups in total. The first-order valence-corrected chi connectivity index (χ1v) is 4.60. The second-order valence-corrected chi connectivity index (χ2v) is 3.40. The van der Waals surface area contributed by atoms with Gasteiger partial charge in [0.1, 0.15) is 5.52 Å². The van der Waals surface area contributed by atoms with Gasteiger partial charge in [0, 0.05) is 0 Å². The Bertz CT molecular complexity index is 615. The number of aromatic nitrogens is 3. The summed E-state index contributed by atoms with van der Waals surface area (Å²) in [7, 11) is 0. The summed E-state index contributed by atoms with van der Waals surface area (Å²) in [5, 5.41) is 0.487. The Labute approximate surface area is 85.0 Å². The van der Waals surface area contributed by atoms with Crippen LogP contribution in [0.4, 0.5) is 0 Å². The topological polar surface area (TPSA) is 30.2 Å². The Hall–Kier alpha value is -1.61. The Kier molecular flexibility index (Phi) is 1.49. The average molecular weight is 204 g/mol. The minimum absolute atomic E-state index is 0.487. The van der Waals surface area contributed by atoms with Crippen molar-refractivity contribution in [3.63, 3.8) is 0 Å². The number of imidazole rings is 1. The number of benzene rings is 1. The van der Waals surface area contributed by atoms with Crippen LogP contribution in [-0.2, 0) is 0 Å². The van der Waals surface area contributed by atoms with E-state index in [1.807, 2.05) is 28.7 Å². The molecule has 3 nitrogen and oxygen atoms in total. The van der Waals surface area contributed by atoms with Crippen molar-refractivity contribution in [3.05, 3.63) is 41.9 Å². The largest absolute Gasteiger partial charge is 0.294 e. The number of para-hydroxylation sites is 2. The molecule has 0 atom stereocenters. The van der Waals surface area contributed by atoms with Crippen LogP contribution in [0, 0.1) is 0 Å². The number of rotatable bonds is 0. The van der Waals surface area contributed by atoms with Crippen LogP contribution in [-0.4, -0.2) is 14.4 Å². The molecule has 0 saturated carbocycles. The summed E-state index contributed by atoms with van der Waals surface area (Å²) in [6, 6.07) is 7.83. The quantitative estimate of drug-likeness (QED) is 0.562. The average Bonchev–Trinajstić information content (AvgIpc) is 2.67. The molecule has 0 spiro atoms. The number of hydrogen-bond donors (Lipinski definition) is 0. The molecule has 0 bridgehead atoms. The SMILES string of the molecule is Clc1nc2ccccc2n2cncc12. The zero-order valence-electron chi connectivity index (χ0n) is 7.18. The molecule has 0 aliphatic carbocycles. The molecule has 0 aliphatic heterocycles. The smallest absolute Gasteiger partial charge is 0.155 e. The molecule has 0 amide bonds. The molecular formula is C10H6ClN3. The van der Waals surface area contributed by atoms with Gasteiger partial charge in [0.2, 0.25) is 0 Å². The summed E-state index contributed by atoms with van der Waals surface area (Å²) in [6.45, 7) is 0. The van der Waals surface area contributed by atoms with Crippen molar-refractivity contribution in [1.29, 1.82) is 0 Å². The lowest BCUT2D eigenvalue weighted by molar-refractivity contribution is 1.19. The van der Waals surface area contributed by atoms with Gasteiger partial charge in [-0.25, -0.2) is 9.97 Å². The highest BCUT2D eigenvalue weighted by atomic mass is 35.5. The molecular weight excluding hydrogens is 198 g/mol. The summed E-state index contributed by atoms with van der Waals surface area (Å²) in [5.74, 6) is 0. The van der Waals surface area contributed by atoms with Gasteiger partial charge < -0.3 is 0 Å². The Balaban J connectivity index is 2.66. The standard InChI is InChI=1S/C10H6ClN3/c11-10-9-5-12-6-14(9)8-4-2-1-3-7(8)13-10/h1-6H. The van der Waals surface area contributed by atoms with Gasteiger partial charge in [-0.3, -0.25) is 4.40 Å². The fourth-order valence-corrected chi connectivity index (χ4v) is 1.80. The van der Waals surface area contributed by atoms with Crippen LogP contribution < -0.4 is 0 Å². The summed E-state index contributed by atoms with van der Waals surface area (Å²) in [5.41, 5.74) is 2.73. The molecule has 0 saturated heterocycles. The van der Waals surface area contributed by atoms with Crippen LogP contribution in [0.15, 0.2) is 36.8 Å². The van der Waals surface area contributed by atoms with Crippen molar-refractivity contribution < 1.29 is 0 Å². The van der Waals surface area contributed by atoms with Crippen molar-refractivity contribution in [2.75, 3.05) is 0 Å². The lowest BCUT2D eigenvalue weighted by Crippen LogP contribution is -1.90. The predicted molar refractivity (Wildman–Crippen MR) is 55.5 cm³/mol. The van der Waals surface area contributed by atoms with E-state index >= 15 is 0 Å². The molecule has 3 aromatic rings. The van der Waals surface area contributed by atoms with Gasteiger partial charge in [-0.05, 0) is 12.1 Å². The molecule has 14 heavy (non-hydrogen) atoms. The highest BCUT2D eigenvalue weighted by Crippen LogP contribution is 2.20. The minimum atomic E-state index is 0.487. The lowest BCUT2D eigenvalue weighted by Gasteiger charge is -2.01. The third-order valence-corrected chi connectivity index (χ3v) is 2.49. The van der Waals surface area contributed by atoms with E-state index in [1.54, 1.807) is 12.5 Å². The fraction of sp³-hybridized carbons (Fsp3) is 0. The normalized spacial score (nSPS) is 11.2. The molecule has 2 aromatic heterocycles. The molecule has 1 aromatic carbocycles. The van der Waals surface area contributed by atoms with E-state index in [4.69, 9.17) is 11.6 Å². The lowest BCUT2D eigenvalue weighted by atomic mass is 10.3. The van der Waals surface area contributed by atoms with Crippen molar-refractivity contribution in [3.8, 4) is 0 Å². The van der Waals surface area contributed by atoms with E-state index in [2.05, 4.69) is 9.97 Å². The van der Waals surface area contributed by atoms with Crippen molar-refractivity contribution in [2.24, 2.45) is 0 Å². The van der Waals surface area contributed by atoms with Gasteiger partial charge in [0.05, 0.1) is 23.6 Å². The predicted octanol–water partition coefficient (Wildman–Crippen LogP) is 2.54. The number of nitrogens with zero attached hydrogens (tertiary/aromatic N) is 3. The minimum Gasteiger partial charge on any atom is -0.294 e. The maximum atomic E-state index is 6.01. The van der Waals surface area contributed by atoms with E-state index in [1.165, 1.54) is 0 Å². The van der Waals surface area contributed by atoms with Gasteiger partial charge in [-0.1, -0.05) is 23.7 Å². The zero-order valence-corrected chi connectivity index (χ0v) is 7.94.